The van der Waals surface area contributed by atoms with E-state index in [4.69, 9.17) is 14.3 Å². The Kier molecular flexibility index (Phi) is 9.55. The molecule has 0 radical (unpaired) electrons. The average molecular weight is 546 g/mol. The number of hydrogen-bond acceptors (Lipinski definition) is 4. The minimum atomic E-state index is 0. The minimum absolute atomic E-state index is 0. The molecule has 2 aromatic carbocycles. The van der Waals surface area contributed by atoms with Crippen molar-refractivity contribution in [3.05, 3.63) is 78.0 Å². The van der Waals surface area contributed by atoms with Gasteiger partial charge in [0.25, 0.3) is 0 Å². The zero-order valence-corrected chi connectivity index (χ0v) is 20.8. The smallest absolute Gasteiger partial charge is 0.194 e. The van der Waals surface area contributed by atoms with Gasteiger partial charge in [-0.05, 0) is 18.9 Å². The lowest BCUT2D eigenvalue weighted by molar-refractivity contribution is 0.0906. The Bertz CT molecular complexity index is 962. The van der Waals surface area contributed by atoms with Crippen molar-refractivity contribution in [2.45, 2.75) is 26.5 Å². The van der Waals surface area contributed by atoms with Gasteiger partial charge in [0.05, 0.1) is 19.8 Å². The Morgan fingerprint density at radius 2 is 1.91 bits per heavy atom. The summed E-state index contributed by atoms with van der Waals surface area (Å²) < 4.78 is 11.5. The van der Waals surface area contributed by atoms with Crippen molar-refractivity contribution < 1.29 is 9.26 Å². The summed E-state index contributed by atoms with van der Waals surface area (Å²) in [7, 11) is 0. The third-order valence-corrected chi connectivity index (χ3v) is 5.39. The van der Waals surface area contributed by atoms with Crippen LogP contribution in [-0.2, 0) is 17.9 Å². The highest BCUT2D eigenvalue weighted by Gasteiger charge is 2.25. The van der Waals surface area contributed by atoms with Crippen molar-refractivity contribution in [2.24, 2.45) is 10.9 Å². The topological polar surface area (TPSA) is 62.9 Å². The summed E-state index contributed by atoms with van der Waals surface area (Å²) >= 11 is 0. The Balaban J connectivity index is 0.00000289. The first-order chi connectivity index (χ1) is 15.3. The molecule has 6 nitrogen and oxygen atoms in total. The molecule has 3 aromatic rings. The Morgan fingerprint density at radius 3 is 2.66 bits per heavy atom. The molecule has 0 spiro atoms. The molecule has 170 valence electrons. The molecule has 0 saturated carbocycles. The molecule has 0 aliphatic carbocycles. The zero-order chi connectivity index (χ0) is 21.3. The first-order valence-electron chi connectivity index (χ1n) is 11.0. The molecule has 1 atom stereocenters. The molecule has 0 amide bonds. The van der Waals surface area contributed by atoms with Crippen LogP contribution in [0.2, 0.25) is 0 Å². The van der Waals surface area contributed by atoms with E-state index < -0.39 is 0 Å². The number of likely N-dealkylation sites (tertiary alicyclic amines) is 1. The maximum atomic E-state index is 5.96. The Morgan fingerprint density at radius 1 is 1.16 bits per heavy atom. The van der Waals surface area contributed by atoms with Crippen molar-refractivity contribution in [1.29, 1.82) is 0 Å². The van der Waals surface area contributed by atoms with E-state index >= 15 is 0 Å². The van der Waals surface area contributed by atoms with Gasteiger partial charge in [-0.2, -0.15) is 0 Å². The number of hydrogen-bond donors (Lipinski definition) is 1. The number of rotatable bonds is 8. The van der Waals surface area contributed by atoms with Crippen LogP contribution in [0.15, 0.2) is 76.2 Å². The first kappa shape index (κ1) is 24.3. The van der Waals surface area contributed by atoms with E-state index in [9.17, 15) is 0 Å². The molecule has 1 aliphatic heterocycles. The molecule has 1 aliphatic rings. The Labute approximate surface area is 207 Å². The van der Waals surface area contributed by atoms with Gasteiger partial charge in [0, 0.05) is 37.2 Å². The lowest BCUT2D eigenvalue weighted by Gasteiger charge is -2.21. The lowest BCUT2D eigenvalue weighted by atomic mass is 10.1. The standard InChI is InChI=1S/C25H30N4O2.HI/c1-2-26-25(27-16-23-15-24(31-28-23)22-11-7-4-8-12-22)29-14-13-21(17-29)19-30-18-20-9-5-3-6-10-20;/h3-12,15,21H,2,13-14,16-19H2,1H3,(H,26,27);1H. The summed E-state index contributed by atoms with van der Waals surface area (Å²) in [5.41, 5.74) is 3.07. The summed E-state index contributed by atoms with van der Waals surface area (Å²) in [4.78, 5) is 7.12. The molecular formula is C25H31IN4O2. The van der Waals surface area contributed by atoms with Gasteiger partial charge < -0.3 is 19.5 Å². The van der Waals surface area contributed by atoms with Crippen LogP contribution in [0.4, 0.5) is 0 Å². The molecule has 7 heteroatoms. The predicted octanol–water partition coefficient (Wildman–Crippen LogP) is 4.96. The summed E-state index contributed by atoms with van der Waals surface area (Å²) in [6, 6.07) is 22.3. The van der Waals surface area contributed by atoms with Gasteiger partial charge in [-0.3, -0.25) is 0 Å². The van der Waals surface area contributed by atoms with Crippen LogP contribution < -0.4 is 5.32 Å². The number of ether oxygens (including phenoxy) is 1. The van der Waals surface area contributed by atoms with Gasteiger partial charge in [0.2, 0.25) is 0 Å². The molecule has 2 heterocycles. The molecular weight excluding hydrogens is 515 g/mol. The van der Waals surface area contributed by atoms with Crippen molar-refractivity contribution in [2.75, 3.05) is 26.2 Å². The molecule has 4 rings (SSSR count). The second-order valence-electron chi connectivity index (χ2n) is 7.82. The van der Waals surface area contributed by atoms with E-state index in [1.165, 1.54) is 5.56 Å². The van der Waals surface area contributed by atoms with Crippen molar-refractivity contribution in [3.8, 4) is 11.3 Å². The molecule has 32 heavy (non-hydrogen) atoms. The summed E-state index contributed by atoms with van der Waals surface area (Å²) in [6.07, 6.45) is 1.11. The van der Waals surface area contributed by atoms with Gasteiger partial charge >= 0.3 is 0 Å². The fourth-order valence-corrected chi connectivity index (χ4v) is 3.79. The molecule has 0 bridgehead atoms. The third kappa shape index (κ3) is 6.80. The zero-order valence-electron chi connectivity index (χ0n) is 18.4. The summed E-state index contributed by atoms with van der Waals surface area (Å²) in [6.45, 7) is 6.79. The van der Waals surface area contributed by atoms with Crippen LogP contribution in [0.25, 0.3) is 11.3 Å². The van der Waals surface area contributed by atoms with Crippen molar-refractivity contribution >= 4 is 29.9 Å². The maximum Gasteiger partial charge on any atom is 0.194 e. The summed E-state index contributed by atoms with van der Waals surface area (Å²) in [5, 5.41) is 7.60. The van der Waals surface area contributed by atoms with Crippen LogP contribution in [-0.4, -0.2) is 42.3 Å². The number of benzene rings is 2. The number of aromatic nitrogens is 1. The molecule has 1 unspecified atom stereocenters. The number of aliphatic imine (C=N–C) groups is 1. The molecule has 1 fully saturated rings. The average Bonchev–Trinajstić information content (AvgIpc) is 3.48. The quantitative estimate of drug-likeness (QED) is 0.246. The van der Waals surface area contributed by atoms with E-state index in [1.807, 2.05) is 54.6 Å². The number of guanidine groups is 1. The van der Waals surface area contributed by atoms with Crippen molar-refractivity contribution in [1.82, 2.24) is 15.4 Å². The second kappa shape index (κ2) is 12.6. The minimum Gasteiger partial charge on any atom is -0.376 e. The fourth-order valence-electron chi connectivity index (χ4n) is 3.79. The number of halogens is 1. The largest absolute Gasteiger partial charge is 0.376 e. The maximum absolute atomic E-state index is 5.96. The highest BCUT2D eigenvalue weighted by molar-refractivity contribution is 14.0. The van der Waals surface area contributed by atoms with Gasteiger partial charge in [-0.1, -0.05) is 65.8 Å². The van der Waals surface area contributed by atoms with Crippen LogP contribution in [0.3, 0.4) is 0 Å². The van der Waals surface area contributed by atoms with Gasteiger partial charge in [0.15, 0.2) is 11.7 Å². The highest BCUT2D eigenvalue weighted by Crippen LogP contribution is 2.21. The van der Waals surface area contributed by atoms with Crippen LogP contribution in [0.1, 0.15) is 24.6 Å². The molecule has 1 N–H and O–H groups in total. The van der Waals surface area contributed by atoms with E-state index in [0.717, 1.165) is 55.6 Å². The second-order valence-corrected chi connectivity index (χ2v) is 7.82. The Hall–Kier alpha value is -2.39. The monoisotopic (exact) mass is 546 g/mol. The van der Waals surface area contributed by atoms with Crippen LogP contribution in [0, 0.1) is 5.92 Å². The van der Waals surface area contributed by atoms with Gasteiger partial charge in [-0.15, -0.1) is 24.0 Å². The van der Waals surface area contributed by atoms with Crippen molar-refractivity contribution in [3.63, 3.8) is 0 Å². The summed E-state index contributed by atoms with van der Waals surface area (Å²) in [5.74, 6) is 2.22. The van der Waals surface area contributed by atoms with Crippen LogP contribution >= 0.6 is 24.0 Å². The molecule has 1 saturated heterocycles. The lowest BCUT2D eigenvalue weighted by Crippen LogP contribution is -2.40. The van der Waals surface area contributed by atoms with E-state index in [0.29, 0.717) is 19.1 Å². The third-order valence-electron chi connectivity index (χ3n) is 5.39. The first-order valence-corrected chi connectivity index (χ1v) is 11.0. The van der Waals surface area contributed by atoms with E-state index in [1.54, 1.807) is 0 Å². The molecule has 1 aromatic heterocycles. The highest BCUT2D eigenvalue weighted by atomic mass is 127. The predicted molar refractivity (Wildman–Crippen MR) is 138 cm³/mol. The van der Waals surface area contributed by atoms with E-state index in [-0.39, 0.29) is 24.0 Å². The fraction of sp³-hybridized carbons (Fsp3) is 0.360. The van der Waals surface area contributed by atoms with Crippen LogP contribution in [0.5, 0.6) is 0 Å². The van der Waals surface area contributed by atoms with E-state index in [2.05, 4.69) is 34.4 Å². The van der Waals surface area contributed by atoms with Gasteiger partial charge in [-0.25, -0.2) is 4.99 Å². The SMILES string of the molecule is CCNC(=NCc1cc(-c2ccccc2)on1)N1CCC(COCc2ccccc2)C1.I. The number of nitrogens with zero attached hydrogens (tertiary/aromatic N) is 3. The van der Waals surface area contributed by atoms with Gasteiger partial charge in [0.1, 0.15) is 5.69 Å². The number of nitrogens with one attached hydrogen (secondary N) is 1. The normalized spacial score (nSPS) is 16.1.